The predicted molar refractivity (Wildman–Crippen MR) is 78.9 cm³/mol. The number of hydrogen-bond donors (Lipinski definition) is 2. The molecule has 2 aromatic rings. The highest BCUT2D eigenvalue weighted by Crippen LogP contribution is 2.17. The molecule has 3 rings (SSSR count). The molecule has 1 aromatic heterocycles. The van der Waals surface area contributed by atoms with Crippen LogP contribution in [-0.4, -0.2) is 54.7 Å². The molecule has 8 heteroatoms. The minimum atomic E-state index is -3.67. The lowest BCUT2D eigenvalue weighted by Crippen LogP contribution is -2.52. The highest BCUT2D eigenvalue weighted by atomic mass is 32.2. The highest BCUT2D eigenvalue weighted by Gasteiger charge is 2.27. The fourth-order valence-electron chi connectivity index (χ4n) is 2.50. The van der Waals surface area contributed by atoms with Gasteiger partial charge < -0.3 is 9.88 Å². The number of piperazine rings is 1. The number of carbonyl (C=O) groups excluding carboxylic acids is 1. The number of H-pyrrole nitrogens is 1. The lowest BCUT2D eigenvalue weighted by Gasteiger charge is -2.32. The Kier molecular flexibility index (Phi) is 3.44. The Labute approximate surface area is 122 Å². The molecule has 0 unspecified atom stereocenters. The lowest BCUT2D eigenvalue weighted by molar-refractivity contribution is 0.0693. The molecule has 0 radical (unpaired) electrons. The molecular weight excluding hydrogens is 292 g/mol. The van der Waals surface area contributed by atoms with Gasteiger partial charge in [0.25, 0.3) is 16.1 Å². The number of aromatic amines is 1. The van der Waals surface area contributed by atoms with Crippen molar-refractivity contribution in [3.05, 3.63) is 36.0 Å². The molecule has 1 saturated heterocycles. The van der Waals surface area contributed by atoms with E-state index in [-0.39, 0.29) is 19.0 Å². The highest BCUT2D eigenvalue weighted by molar-refractivity contribution is 7.86. The van der Waals surface area contributed by atoms with Crippen LogP contribution in [0.25, 0.3) is 10.9 Å². The summed E-state index contributed by atoms with van der Waals surface area (Å²) in [7, 11) is -3.67. The summed E-state index contributed by atoms with van der Waals surface area (Å²) < 4.78 is 23.7. The number of fused-ring (bicyclic) bond motifs is 1. The first kappa shape index (κ1) is 14.1. The minimum absolute atomic E-state index is 0.125. The van der Waals surface area contributed by atoms with Crippen molar-refractivity contribution in [2.24, 2.45) is 5.14 Å². The molecule has 21 heavy (non-hydrogen) atoms. The third-order valence-corrected chi connectivity index (χ3v) is 4.73. The third-order valence-electron chi connectivity index (χ3n) is 3.65. The molecule has 0 spiro atoms. The Hall–Kier alpha value is -1.90. The first-order valence-corrected chi connectivity index (χ1v) is 8.10. The number of hydrogen-bond acceptors (Lipinski definition) is 3. The molecule has 0 atom stereocenters. The largest absolute Gasteiger partial charge is 0.351 e. The Balaban J connectivity index is 1.75. The summed E-state index contributed by atoms with van der Waals surface area (Å²) in [5, 5.41) is 6.06. The summed E-state index contributed by atoms with van der Waals surface area (Å²) in [6, 6.07) is 9.46. The molecular formula is C13H16N4O3S. The van der Waals surface area contributed by atoms with Gasteiger partial charge in [0.05, 0.1) is 0 Å². The number of nitrogens with two attached hydrogens (primary N) is 1. The average molecular weight is 308 g/mol. The first-order valence-electron chi connectivity index (χ1n) is 6.60. The van der Waals surface area contributed by atoms with Crippen molar-refractivity contribution >= 4 is 27.0 Å². The van der Waals surface area contributed by atoms with Crippen LogP contribution in [-0.2, 0) is 10.2 Å². The average Bonchev–Trinajstić information content (AvgIpc) is 2.89. The second-order valence-corrected chi connectivity index (χ2v) is 6.55. The molecule has 2 heterocycles. The van der Waals surface area contributed by atoms with Gasteiger partial charge in [-0.1, -0.05) is 18.2 Å². The van der Waals surface area contributed by atoms with Gasteiger partial charge in [-0.25, -0.2) is 5.14 Å². The Morgan fingerprint density at radius 3 is 2.43 bits per heavy atom. The molecule has 112 valence electrons. The smallest absolute Gasteiger partial charge is 0.277 e. The van der Waals surface area contributed by atoms with E-state index in [1.165, 1.54) is 4.31 Å². The van der Waals surface area contributed by atoms with Crippen LogP contribution in [0.15, 0.2) is 30.3 Å². The summed E-state index contributed by atoms with van der Waals surface area (Å²) in [6.45, 7) is 1.13. The maximum absolute atomic E-state index is 12.4. The van der Waals surface area contributed by atoms with Gasteiger partial charge >= 0.3 is 0 Å². The number of carbonyl (C=O) groups is 1. The Bertz CT molecular complexity index is 743. The van der Waals surface area contributed by atoms with Gasteiger partial charge in [0.15, 0.2) is 0 Å². The van der Waals surface area contributed by atoms with E-state index in [4.69, 9.17) is 5.14 Å². The zero-order valence-electron chi connectivity index (χ0n) is 11.3. The second-order valence-electron chi connectivity index (χ2n) is 5.01. The van der Waals surface area contributed by atoms with Gasteiger partial charge in [-0.3, -0.25) is 4.79 Å². The topological polar surface area (TPSA) is 99.5 Å². The number of nitrogens with zero attached hydrogens (tertiary/aromatic N) is 2. The van der Waals surface area contributed by atoms with Gasteiger partial charge in [0.2, 0.25) is 0 Å². The van der Waals surface area contributed by atoms with Gasteiger partial charge in [-0.15, -0.1) is 0 Å². The molecule has 0 saturated carbocycles. The van der Waals surface area contributed by atoms with E-state index in [1.807, 2.05) is 30.3 Å². The van der Waals surface area contributed by atoms with Crippen LogP contribution in [0.4, 0.5) is 0 Å². The van der Waals surface area contributed by atoms with E-state index in [9.17, 15) is 13.2 Å². The zero-order chi connectivity index (χ0) is 15.0. The standard InChI is InChI=1S/C13H16N4O3S/c14-21(19,20)17-7-5-16(6-8-17)13(18)12-9-10-3-1-2-4-11(10)15-12/h1-4,9,15H,5-8H2,(H2,14,19,20). The summed E-state index contributed by atoms with van der Waals surface area (Å²) in [5.74, 6) is -0.125. The maximum Gasteiger partial charge on any atom is 0.277 e. The summed E-state index contributed by atoms with van der Waals surface area (Å²) in [4.78, 5) is 17.1. The molecule has 1 aromatic carbocycles. The van der Waals surface area contributed by atoms with Crippen molar-refractivity contribution in [1.82, 2.24) is 14.2 Å². The molecule has 1 aliphatic heterocycles. The fourth-order valence-corrected chi connectivity index (χ4v) is 3.18. The fraction of sp³-hybridized carbons (Fsp3) is 0.308. The van der Waals surface area contributed by atoms with Gasteiger partial charge in [0, 0.05) is 37.1 Å². The molecule has 1 amide bonds. The minimum Gasteiger partial charge on any atom is -0.351 e. The number of para-hydroxylation sites is 1. The second kappa shape index (κ2) is 5.14. The van der Waals surface area contributed by atoms with Gasteiger partial charge in [-0.05, 0) is 12.1 Å². The summed E-state index contributed by atoms with van der Waals surface area (Å²) in [6.07, 6.45) is 0. The maximum atomic E-state index is 12.4. The van der Waals surface area contributed by atoms with Crippen molar-refractivity contribution in [2.45, 2.75) is 0 Å². The van der Waals surface area contributed by atoms with Crippen LogP contribution in [0.1, 0.15) is 10.5 Å². The lowest BCUT2D eigenvalue weighted by atomic mass is 10.2. The molecule has 1 fully saturated rings. The number of nitrogens with one attached hydrogen (secondary N) is 1. The van der Waals surface area contributed by atoms with Crippen molar-refractivity contribution in [3.63, 3.8) is 0 Å². The first-order chi connectivity index (χ1) is 9.95. The van der Waals surface area contributed by atoms with E-state index < -0.39 is 10.2 Å². The van der Waals surface area contributed by atoms with Crippen LogP contribution in [0, 0.1) is 0 Å². The Morgan fingerprint density at radius 2 is 1.81 bits per heavy atom. The van der Waals surface area contributed by atoms with E-state index in [1.54, 1.807) is 4.90 Å². The normalized spacial score (nSPS) is 17.3. The SMILES string of the molecule is NS(=O)(=O)N1CCN(C(=O)c2cc3ccccc3[nH]2)CC1. The summed E-state index contributed by atoms with van der Waals surface area (Å²) >= 11 is 0. The predicted octanol–water partition coefficient (Wildman–Crippen LogP) is 0.129. The van der Waals surface area contributed by atoms with Crippen LogP contribution < -0.4 is 5.14 Å². The van der Waals surface area contributed by atoms with E-state index in [2.05, 4.69) is 4.98 Å². The van der Waals surface area contributed by atoms with Gasteiger partial charge in [0.1, 0.15) is 5.69 Å². The summed E-state index contributed by atoms with van der Waals surface area (Å²) in [5.41, 5.74) is 1.42. The van der Waals surface area contributed by atoms with Crippen molar-refractivity contribution in [1.29, 1.82) is 0 Å². The molecule has 0 bridgehead atoms. The van der Waals surface area contributed by atoms with E-state index >= 15 is 0 Å². The third kappa shape index (κ3) is 2.78. The van der Waals surface area contributed by atoms with E-state index in [0.717, 1.165) is 10.9 Å². The number of aromatic nitrogens is 1. The van der Waals surface area contributed by atoms with Crippen LogP contribution in [0.3, 0.4) is 0 Å². The van der Waals surface area contributed by atoms with Crippen molar-refractivity contribution in [3.8, 4) is 0 Å². The molecule has 7 nitrogen and oxygen atoms in total. The van der Waals surface area contributed by atoms with Crippen molar-refractivity contribution in [2.75, 3.05) is 26.2 Å². The van der Waals surface area contributed by atoms with Crippen molar-refractivity contribution < 1.29 is 13.2 Å². The molecule has 3 N–H and O–H groups in total. The Morgan fingerprint density at radius 1 is 1.14 bits per heavy atom. The number of amides is 1. The zero-order valence-corrected chi connectivity index (χ0v) is 12.1. The monoisotopic (exact) mass is 308 g/mol. The molecule has 0 aliphatic carbocycles. The molecule has 1 aliphatic rings. The number of benzene rings is 1. The quantitative estimate of drug-likeness (QED) is 0.824. The van der Waals surface area contributed by atoms with E-state index in [0.29, 0.717) is 18.8 Å². The number of rotatable bonds is 2. The van der Waals surface area contributed by atoms with Gasteiger partial charge in [-0.2, -0.15) is 12.7 Å². The van der Waals surface area contributed by atoms with Crippen LogP contribution in [0.2, 0.25) is 0 Å². The van der Waals surface area contributed by atoms with Crippen LogP contribution in [0.5, 0.6) is 0 Å². The van der Waals surface area contributed by atoms with Crippen LogP contribution >= 0.6 is 0 Å².